The second kappa shape index (κ2) is 9.49. The number of benzene rings is 2. The number of rotatable bonds is 6. The van der Waals surface area contributed by atoms with Gasteiger partial charge < -0.3 is 5.32 Å². The first-order chi connectivity index (χ1) is 14.6. The molecule has 2 aromatic carbocycles. The van der Waals surface area contributed by atoms with Crippen molar-refractivity contribution in [2.75, 3.05) is 18.4 Å². The molecule has 0 spiro atoms. The van der Waals surface area contributed by atoms with E-state index in [1.54, 1.807) is 0 Å². The molecule has 0 radical (unpaired) electrons. The van der Waals surface area contributed by atoms with Gasteiger partial charge in [-0.05, 0) is 60.1 Å². The Hall–Kier alpha value is -2.25. The Balaban J connectivity index is 1.82. The average Bonchev–Trinajstić information content (AvgIpc) is 2.74. The summed E-state index contributed by atoms with van der Waals surface area (Å²) in [4.78, 5) is 13.2. The smallest absolute Gasteiger partial charge is 0.243 e. The van der Waals surface area contributed by atoms with E-state index >= 15 is 0 Å². The van der Waals surface area contributed by atoms with Gasteiger partial charge in [-0.15, -0.1) is 0 Å². The quantitative estimate of drug-likeness (QED) is 0.670. The van der Waals surface area contributed by atoms with Crippen LogP contribution in [0.4, 0.5) is 10.1 Å². The predicted molar refractivity (Wildman–Crippen MR) is 121 cm³/mol. The molecule has 1 unspecified atom stereocenters. The van der Waals surface area contributed by atoms with Crippen LogP contribution in [0.2, 0.25) is 0 Å². The zero-order valence-corrected chi connectivity index (χ0v) is 19.4. The number of carbonyl (C=O) groups excluding carboxylic acids is 1. The number of para-hydroxylation sites is 1. The molecule has 1 saturated heterocycles. The highest BCUT2D eigenvalue weighted by Crippen LogP contribution is 2.33. The highest BCUT2D eigenvalue weighted by molar-refractivity contribution is 7.89. The van der Waals surface area contributed by atoms with Gasteiger partial charge in [0.2, 0.25) is 15.9 Å². The Labute approximate surface area is 184 Å². The van der Waals surface area contributed by atoms with Gasteiger partial charge >= 0.3 is 0 Å². The maximum atomic E-state index is 13.2. The van der Waals surface area contributed by atoms with Gasteiger partial charge in [-0.3, -0.25) is 4.79 Å². The van der Waals surface area contributed by atoms with E-state index in [0.29, 0.717) is 19.4 Å². The lowest BCUT2D eigenvalue weighted by Crippen LogP contribution is -2.43. The van der Waals surface area contributed by atoms with Crippen molar-refractivity contribution in [3.63, 3.8) is 0 Å². The Kier molecular flexibility index (Phi) is 7.17. The van der Waals surface area contributed by atoms with Crippen molar-refractivity contribution < 1.29 is 17.6 Å². The molecule has 0 saturated carbocycles. The van der Waals surface area contributed by atoms with Gasteiger partial charge in [-0.2, -0.15) is 4.31 Å². The summed E-state index contributed by atoms with van der Waals surface area (Å²) in [6.07, 6.45) is 1.23. The van der Waals surface area contributed by atoms with Crippen molar-refractivity contribution >= 4 is 21.6 Å². The van der Waals surface area contributed by atoms with Crippen LogP contribution in [0.3, 0.4) is 0 Å². The highest BCUT2D eigenvalue weighted by atomic mass is 32.2. The number of nitrogens with zero attached hydrogens (tertiary/aromatic N) is 1. The van der Waals surface area contributed by atoms with Crippen LogP contribution >= 0.6 is 0 Å². The Morgan fingerprint density at radius 2 is 1.61 bits per heavy atom. The van der Waals surface area contributed by atoms with Gasteiger partial charge in [0.1, 0.15) is 5.82 Å². The molecule has 5 nitrogen and oxygen atoms in total. The molecule has 0 bridgehead atoms. The fourth-order valence-electron chi connectivity index (χ4n) is 4.05. The van der Waals surface area contributed by atoms with Crippen LogP contribution in [0.5, 0.6) is 0 Å². The van der Waals surface area contributed by atoms with Crippen LogP contribution in [-0.4, -0.2) is 31.7 Å². The summed E-state index contributed by atoms with van der Waals surface area (Å²) in [6, 6.07) is 10.9. The van der Waals surface area contributed by atoms with Gasteiger partial charge in [0.25, 0.3) is 0 Å². The van der Waals surface area contributed by atoms with Crippen molar-refractivity contribution in [1.29, 1.82) is 0 Å². The monoisotopic (exact) mass is 446 g/mol. The third-order valence-electron chi connectivity index (χ3n) is 5.83. The largest absolute Gasteiger partial charge is 0.325 e. The molecule has 3 rings (SSSR count). The Bertz CT molecular complexity index is 1010. The molecule has 1 aliphatic heterocycles. The molecule has 31 heavy (non-hydrogen) atoms. The number of anilines is 1. The number of sulfonamides is 1. The van der Waals surface area contributed by atoms with Gasteiger partial charge in [-0.25, -0.2) is 12.8 Å². The van der Waals surface area contributed by atoms with E-state index in [1.165, 1.54) is 16.4 Å². The van der Waals surface area contributed by atoms with E-state index in [0.717, 1.165) is 28.9 Å². The van der Waals surface area contributed by atoms with Crippen LogP contribution in [0.25, 0.3) is 0 Å². The number of hydrogen-bond acceptors (Lipinski definition) is 3. The summed E-state index contributed by atoms with van der Waals surface area (Å²) in [5.41, 5.74) is 2.99. The first kappa shape index (κ1) is 23.4. The van der Waals surface area contributed by atoms with Gasteiger partial charge in [0.05, 0.1) is 10.8 Å². The molecule has 1 fully saturated rings. The fourth-order valence-corrected chi connectivity index (χ4v) is 5.57. The molecule has 0 aliphatic carbocycles. The standard InChI is InChI=1S/C24H31FN2O3S/c1-16(2)21-8-5-9-22(17(3)4)23(21)26-24(28)18-7-6-14-27(15-18)31(29,30)20-12-10-19(25)11-13-20/h5,8-13,16-18H,6-7,14-15H2,1-4H3,(H,26,28). The summed E-state index contributed by atoms with van der Waals surface area (Å²) in [6.45, 7) is 8.83. The molecule has 1 heterocycles. The second-order valence-corrected chi connectivity index (χ2v) is 10.7. The summed E-state index contributed by atoms with van der Waals surface area (Å²) < 4.78 is 40.5. The number of nitrogens with one attached hydrogen (secondary N) is 1. The summed E-state index contributed by atoms with van der Waals surface area (Å²) in [5, 5.41) is 3.12. The minimum atomic E-state index is -3.77. The zero-order chi connectivity index (χ0) is 22.8. The highest BCUT2D eigenvalue weighted by Gasteiger charge is 2.34. The van der Waals surface area contributed by atoms with Gasteiger partial charge in [0, 0.05) is 18.8 Å². The summed E-state index contributed by atoms with van der Waals surface area (Å²) in [7, 11) is -3.77. The number of halogens is 1. The van der Waals surface area contributed by atoms with Crippen molar-refractivity contribution in [2.45, 2.75) is 57.3 Å². The molecule has 0 aromatic heterocycles. The molecule has 1 atom stereocenters. The van der Waals surface area contributed by atoms with Crippen LogP contribution in [0.15, 0.2) is 47.4 Å². The normalized spacial score (nSPS) is 17.8. The SMILES string of the molecule is CC(C)c1cccc(C(C)C)c1NC(=O)C1CCCN(S(=O)(=O)c2ccc(F)cc2)C1. The molecule has 1 amide bonds. The van der Waals surface area contributed by atoms with E-state index in [9.17, 15) is 17.6 Å². The van der Waals surface area contributed by atoms with E-state index in [-0.39, 0.29) is 29.2 Å². The molecule has 1 N–H and O–H groups in total. The number of piperidine rings is 1. The lowest BCUT2D eigenvalue weighted by atomic mass is 9.91. The fraction of sp³-hybridized carbons (Fsp3) is 0.458. The second-order valence-electron chi connectivity index (χ2n) is 8.77. The third kappa shape index (κ3) is 5.15. The van der Waals surface area contributed by atoms with Crippen molar-refractivity contribution in [1.82, 2.24) is 4.31 Å². The van der Waals surface area contributed by atoms with Crippen LogP contribution in [-0.2, 0) is 14.8 Å². The first-order valence-corrected chi connectivity index (χ1v) is 12.2. The van der Waals surface area contributed by atoms with E-state index in [1.807, 2.05) is 18.2 Å². The van der Waals surface area contributed by atoms with Crippen molar-refractivity contribution in [2.24, 2.45) is 5.92 Å². The molecular formula is C24H31FN2O3S. The molecule has 168 valence electrons. The van der Waals surface area contributed by atoms with E-state index < -0.39 is 21.8 Å². The summed E-state index contributed by atoms with van der Waals surface area (Å²) in [5.74, 6) is -0.593. The van der Waals surface area contributed by atoms with Crippen molar-refractivity contribution in [3.8, 4) is 0 Å². The first-order valence-electron chi connectivity index (χ1n) is 10.8. The van der Waals surface area contributed by atoms with Gasteiger partial charge in [0.15, 0.2) is 0 Å². The number of hydrogen-bond donors (Lipinski definition) is 1. The Morgan fingerprint density at radius 1 is 1.03 bits per heavy atom. The lowest BCUT2D eigenvalue weighted by molar-refractivity contribution is -0.120. The number of amides is 1. The van der Waals surface area contributed by atoms with E-state index in [2.05, 4.69) is 33.0 Å². The lowest BCUT2D eigenvalue weighted by Gasteiger charge is -2.32. The zero-order valence-electron chi connectivity index (χ0n) is 18.6. The van der Waals surface area contributed by atoms with Gasteiger partial charge in [-0.1, -0.05) is 45.9 Å². The predicted octanol–water partition coefficient (Wildman–Crippen LogP) is 5.11. The maximum Gasteiger partial charge on any atom is 0.243 e. The third-order valence-corrected chi connectivity index (χ3v) is 7.71. The molecular weight excluding hydrogens is 415 g/mol. The van der Waals surface area contributed by atoms with E-state index in [4.69, 9.17) is 0 Å². The molecule has 2 aromatic rings. The topological polar surface area (TPSA) is 66.5 Å². The Morgan fingerprint density at radius 3 is 2.16 bits per heavy atom. The minimum Gasteiger partial charge on any atom is -0.325 e. The minimum absolute atomic E-state index is 0.0437. The van der Waals surface area contributed by atoms with Crippen LogP contribution in [0.1, 0.15) is 63.5 Å². The molecule has 1 aliphatic rings. The average molecular weight is 447 g/mol. The van der Waals surface area contributed by atoms with Crippen molar-refractivity contribution in [3.05, 3.63) is 59.4 Å². The summed E-state index contributed by atoms with van der Waals surface area (Å²) >= 11 is 0. The number of carbonyl (C=O) groups is 1. The maximum absolute atomic E-state index is 13.2. The van der Waals surface area contributed by atoms with Crippen LogP contribution in [0, 0.1) is 11.7 Å². The molecule has 7 heteroatoms. The van der Waals surface area contributed by atoms with Crippen LogP contribution < -0.4 is 5.32 Å².